The van der Waals surface area contributed by atoms with Gasteiger partial charge in [0.1, 0.15) is 5.01 Å². The topological polar surface area (TPSA) is 28.2 Å². The minimum atomic E-state index is 0.258. The van der Waals surface area contributed by atoms with Crippen molar-refractivity contribution in [1.82, 2.24) is 15.2 Å². The van der Waals surface area contributed by atoms with Crippen LogP contribution in [0.3, 0.4) is 0 Å². The van der Waals surface area contributed by atoms with E-state index in [0.29, 0.717) is 6.04 Å². The minimum absolute atomic E-state index is 0.258. The predicted octanol–water partition coefficient (Wildman–Crippen LogP) is 2.72. The molecule has 0 aliphatic carbocycles. The fourth-order valence-electron chi connectivity index (χ4n) is 2.41. The molecule has 2 atom stereocenters. The van der Waals surface area contributed by atoms with E-state index in [2.05, 4.69) is 49.8 Å². The molecule has 0 aromatic carbocycles. The summed E-state index contributed by atoms with van der Waals surface area (Å²) in [5.41, 5.74) is 1.45. The highest BCUT2D eigenvalue weighted by Crippen LogP contribution is 2.23. The Hall–Kier alpha value is -0.450. The van der Waals surface area contributed by atoms with E-state index in [1.54, 1.807) is 0 Å². The second-order valence-electron chi connectivity index (χ2n) is 5.80. The maximum absolute atomic E-state index is 4.67. The van der Waals surface area contributed by atoms with E-state index in [0.717, 1.165) is 19.6 Å². The smallest absolute Gasteiger partial charge is 0.107 e. The quantitative estimate of drug-likeness (QED) is 0.912. The number of hydrogen-bond donors (Lipinski definition) is 1. The lowest BCUT2D eigenvalue weighted by molar-refractivity contribution is 0.0865. The Kier molecular flexibility index (Phi) is 4.09. The lowest BCUT2D eigenvalue weighted by Gasteiger charge is -2.44. The van der Waals surface area contributed by atoms with Gasteiger partial charge in [-0.2, -0.15) is 0 Å². The van der Waals surface area contributed by atoms with Crippen molar-refractivity contribution in [3.63, 3.8) is 0 Å². The number of nitrogens with zero attached hydrogens (tertiary/aromatic N) is 2. The third-order valence-electron chi connectivity index (χ3n) is 4.19. The Morgan fingerprint density at radius 3 is 2.78 bits per heavy atom. The maximum Gasteiger partial charge on any atom is 0.107 e. The summed E-state index contributed by atoms with van der Waals surface area (Å²) in [5.74, 6) is 0. The summed E-state index contributed by atoms with van der Waals surface area (Å²) in [6.45, 7) is 14.3. The molecule has 1 N–H and O–H groups in total. The Labute approximate surface area is 115 Å². The highest BCUT2D eigenvalue weighted by atomic mass is 32.1. The largest absolute Gasteiger partial charge is 0.309 e. The molecule has 2 unspecified atom stereocenters. The molecular formula is C14H25N3S. The standard InChI is InChI=1S/C14H25N3S/c1-6-14(5)9-17(10(2)7-15-14)8-13-16-11(3)12(4)18-13/h10,15H,6-9H2,1-5H3. The molecule has 1 saturated heterocycles. The molecule has 1 aliphatic heterocycles. The molecular weight excluding hydrogens is 242 g/mol. The van der Waals surface area contributed by atoms with E-state index in [-0.39, 0.29) is 5.54 Å². The van der Waals surface area contributed by atoms with Gasteiger partial charge in [0, 0.05) is 29.5 Å². The van der Waals surface area contributed by atoms with Gasteiger partial charge in [0.05, 0.1) is 12.2 Å². The van der Waals surface area contributed by atoms with Crippen LogP contribution in [-0.4, -0.2) is 34.6 Å². The summed E-state index contributed by atoms with van der Waals surface area (Å²) >= 11 is 1.84. The summed E-state index contributed by atoms with van der Waals surface area (Å²) in [5, 5.41) is 4.93. The van der Waals surface area contributed by atoms with Crippen LogP contribution < -0.4 is 5.32 Å². The van der Waals surface area contributed by atoms with E-state index in [1.807, 2.05) is 11.3 Å². The lowest BCUT2D eigenvalue weighted by atomic mass is 9.94. The molecule has 102 valence electrons. The second-order valence-corrected chi connectivity index (χ2v) is 7.09. The molecule has 3 nitrogen and oxygen atoms in total. The van der Waals surface area contributed by atoms with Crippen LogP contribution in [-0.2, 0) is 6.54 Å². The van der Waals surface area contributed by atoms with Gasteiger partial charge in [0.2, 0.25) is 0 Å². The Morgan fingerprint density at radius 1 is 1.50 bits per heavy atom. The first-order chi connectivity index (χ1) is 8.43. The number of thiazole rings is 1. The number of nitrogens with one attached hydrogen (secondary N) is 1. The molecule has 0 saturated carbocycles. The van der Waals surface area contributed by atoms with Crippen LogP contribution in [0.4, 0.5) is 0 Å². The third kappa shape index (κ3) is 2.92. The lowest BCUT2D eigenvalue weighted by Crippen LogP contribution is -2.61. The normalized spacial score (nSPS) is 29.7. The molecule has 1 aromatic heterocycles. The average Bonchev–Trinajstić information content (AvgIpc) is 2.63. The van der Waals surface area contributed by atoms with E-state index in [1.165, 1.54) is 22.0 Å². The predicted molar refractivity (Wildman–Crippen MR) is 78.2 cm³/mol. The van der Waals surface area contributed by atoms with Crippen molar-refractivity contribution in [3.8, 4) is 0 Å². The summed E-state index contributed by atoms with van der Waals surface area (Å²) in [6.07, 6.45) is 1.17. The van der Waals surface area contributed by atoms with E-state index < -0.39 is 0 Å². The number of hydrogen-bond acceptors (Lipinski definition) is 4. The Balaban J connectivity index is 2.07. The van der Waals surface area contributed by atoms with Crippen LogP contribution in [0, 0.1) is 13.8 Å². The molecule has 1 aromatic rings. The number of rotatable bonds is 3. The van der Waals surface area contributed by atoms with Crippen LogP contribution >= 0.6 is 11.3 Å². The maximum atomic E-state index is 4.67. The summed E-state index contributed by atoms with van der Waals surface area (Å²) in [4.78, 5) is 8.59. The first-order valence-corrected chi connectivity index (χ1v) is 7.67. The zero-order valence-corrected chi connectivity index (χ0v) is 13.0. The van der Waals surface area contributed by atoms with Gasteiger partial charge < -0.3 is 5.32 Å². The van der Waals surface area contributed by atoms with Crippen molar-refractivity contribution < 1.29 is 0 Å². The molecule has 1 aliphatic rings. The van der Waals surface area contributed by atoms with Gasteiger partial charge in [-0.25, -0.2) is 4.98 Å². The van der Waals surface area contributed by atoms with Gasteiger partial charge in [-0.15, -0.1) is 11.3 Å². The van der Waals surface area contributed by atoms with Crippen molar-refractivity contribution in [2.75, 3.05) is 13.1 Å². The molecule has 0 spiro atoms. The first kappa shape index (κ1) is 14.0. The molecule has 0 radical (unpaired) electrons. The zero-order chi connectivity index (χ0) is 13.3. The molecule has 2 rings (SSSR count). The zero-order valence-electron chi connectivity index (χ0n) is 12.2. The van der Waals surface area contributed by atoms with Crippen molar-refractivity contribution in [2.24, 2.45) is 0 Å². The fraction of sp³-hybridized carbons (Fsp3) is 0.786. The van der Waals surface area contributed by atoms with Gasteiger partial charge >= 0.3 is 0 Å². The van der Waals surface area contributed by atoms with Crippen molar-refractivity contribution in [2.45, 2.75) is 59.2 Å². The van der Waals surface area contributed by atoms with Gasteiger partial charge in [0.15, 0.2) is 0 Å². The highest BCUT2D eigenvalue weighted by molar-refractivity contribution is 7.11. The van der Waals surface area contributed by atoms with Crippen molar-refractivity contribution >= 4 is 11.3 Å². The summed E-state index contributed by atoms with van der Waals surface area (Å²) < 4.78 is 0. The SMILES string of the molecule is CCC1(C)CN(Cc2nc(C)c(C)s2)C(C)CN1. The van der Waals surface area contributed by atoms with Crippen LogP contribution in [0.5, 0.6) is 0 Å². The molecule has 2 heterocycles. The summed E-state index contributed by atoms with van der Waals surface area (Å²) in [7, 11) is 0. The second kappa shape index (κ2) is 5.27. The Morgan fingerprint density at radius 2 is 2.22 bits per heavy atom. The Bertz CT molecular complexity index is 396. The first-order valence-electron chi connectivity index (χ1n) is 6.85. The van der Waals surface area contributed by atoms with Crippen LogP contribution in [0.25, 0.3) is 0 Å². The molecule has 0 amide bonds. The fourth-order valence-corrected chi connectivity index (χ4v) is 3.37. The third-order valence-corrected chi connectivity index (χ3v) is 5.25. The van der Waals surface area contributed by atoms with Crippen LogP contribution in [0.1, 0.15) is 42.8 Å². The highest BCUT2D eigenvalue weighted by Gasteiger charge is 2.32. The van der Waals surface area contributed by atoms with E-state index in [9.17, 15) is 0 Å². The molecule has 4 heteroatoms. The number of aryl methyl sites for hydroxylation is 2. The van der Waals surface area contributed by atoms with Gasteiger partial charge in [0.25, 0.3) is 0 Å². The molecule has 18 heavy (non-hydrogen) atoms. The monoisotopic (exact) mass is 267 g/mol. The van der Waals surface area contributed by atoms with Crippen LogP contribution in [0.15, 0.2) is 0 Å². The summed E-state index contributed by atoms with van der Waals surface area (Å²) in [6, 6.07) is 0.592. The number of piperazine rings is 1. The van der Waals surface area contributed by atoms with E-state index >= 15 is 0 Å². The molecule has 1 fully saturated rings. The average molecular weight is 267 g/mol. The number of aromatic nitrogens is 1. The van der Waals surface area contributed by atoms with Crippen molar-refractivity contribution in [1.29, 1.82) is 0 Å². The molecule has 0 bridgehead atoms. The van der Waals surface area contributed by atoms with Crippen LogP contribution in [0.2, 0.25) is 0 Å². The van der Waals surface area contributed by atoms with Gasteiger partial charge in [-0.1, -0.05) is 6.92 Å². The van der Waals surface area contributed by atoms with Crippen molar-refractivity contribution in [3.05, 3.63) is 15.6 Å². The van der Waals surface area contributed by atoms with Gasteiger partial charge in [-0.05, 0) is 34.1 Å². The minimum Gasteiger partial charge on any atom is -0.309 e. The van der Waals surface area contributed by atoms with Gasteiger partial charge in [-0.3, -0.25) is 4.90 Å². The van der Waals surface area contributed by atoms with E-state index in [4.69, 9.17) is 0 Å².